The molecule has 1 heterocycles. The van der Waals surface area contributed by atoms with Crippen molar-refractivity contribution >= 4 is 17.3 Å². The van der Waals surface area contributed by atoms with Crippen LogP contribution in [-0.2, 0) is 0 Å². The van der Waals surface area contributed by atoms with Gasteiger partial charge in [-0.05, 0) is 11.6 Å². The molecular formula is C14H11ClN2. The molecule has 0 radical (unpaired) electrons. The second-order valence-electron chi connectivity index (χ2n) is 3.87. The van der Waals surface area contributed by atoms with Crippen molar-refractivity contribution in [2.75, 3.05) is 0 Å². The third kappa shape index (κ3) is 1.92. The van der Waals surface area contributed by atoms with Gasteiger partial charge in [-0.1, -0.05) is 60.1 Å². The predicted octanol–water partition coefficient (Wildman–Crippen LogP) is 1.59. The van der Waals surface area contributed by atoms with Crippen molar-refractivity contribution < 1.29 is 0 Å². The summed E-state index contributed by atoms with van der Waals surface area (Å²) in [4.78, 5) is 4.36. The molecule has 0 bridgehead atoms. The van der Waals surface area contributed by atoms with E-state index in [1.54, 1.807) is 0 Å². The first-order valence-corrected chi connectivity index (χ1v) is 5.91. The number of nitrogens with one attached hydrogen (secondary N) is 1. The molecule has 1 aliphatic rings. The number of hydrogen-bond donors (Lipinski definition) is 1. The summed E-state index contributed by atoms with van der Waals surface area (Å²) in [5, 5.41) is 5.23. The Labute approximate surface area is 104 Å². The first-order chi connectivity index (χ1) is 8.34. The minimum absolute atomic E-state index is 0.403. The maximum Gasteiger partial charge on any atom is 0.196 e. The van der Waals surface area contributed by atoms with Gasteiger partial charge in [-0.25, -0.2) is 4.99 Å². The van der Waals surface area contributed by atoms with Gasteiger partial charge in [0.25, 0.3) is 0 Å². The lowest BCUT2D eigenvalue weighted by molar-refractivity contribution is 0.776. The van der Waals surface area contributed by atoms with Gasteiger partial charge in [0.15, 0.2) is 5.62 Å². The third-order valence-electron chi connectivity index (χ3n) is 2.75. The van der Waals surface area contributed by atoms with Gasteiger partial charge in [0, 0.05) is 5.22 Å². The van der Waals surface area contributed by atoms with Crippen LogP contribution in [0, 0.1) is 0 Å². The number of hydrogen-bond acceptors (Lipinski definition) is 2. The van der Waals surface area contributed by atoms with Gasteiger partial charge in [0.1, 0.15) is 0 Å². The maximum atomic E-state index is 6.09. The molecule has 2 aromatic carbocycles. The minimum Gasteiger partial charge on any atom is -0.350 e. The Morgan fingerprint density at radius 2 is 1.65 bits per heavy atom. The van der Waals surface area contributed by atoms with Crippen molar-refractivity contribution in [3.05, 3.63) is 70.7 Å². The fraction of sp³-hybridized carbons (Fsp3) is 0.0714. The summed E-state index contributed by atoms with van der Waals surface area (Å²) >= 11 is 6.09. The van der Waals surface area contributed by atoms with E-state index < -0.39 is 5.62 Å². The van der Waals surface area contributed by atoms with Crippen LogP contribution in [0.3, 0.4) is 0 Å². The molecule has 0 saturated heterocycles. The summed E-state index contributed by atoms with van der Waals surface area (Å²) < 4.78 is 0. The number of rotatable bonds is 1. The van der Waals surface area contributed by atoms with Crippen molar-refractivity contribution in [3.63, 3.8) is 0 Å². The lowest BCUT2D eigenvalue weighted by atomic mass is 10.1. The van der Waals surface area contributed by atoms with Crippen LogP contribution in [0.4, 0.5) is 0 Å². The van der Waals surface area contributed by atoms with Crippen molar-refractivity contribution in [2.45, 2.75) is 5.62 Å². The SMILES string of the molecule is ClC1N=c2ccccc2=C(c2ccccc2)N1. The fourth-order valence-electron chi connectivity index (χ4n) is 1.99. The molecule has 0 aromatic heterocycles. The van der Waals surface area contributed by atoms with Gasteiger partial charge in [-0.3, -0.25) is 0 Å². The molecule has 2 nitrogen and oxygen atoms in total. The highest BCUT2D eigenvalue weighted by Gasteiger charge is 2.12. The summed E-state index contributed by atoms with van der Waals surface area (Å²) in [6.45, 7) is 0. The number of fused-ring (bicyclic) bond motifs is 1. The highest BCUT2D eigenvalue weighted by atomic mass is 35.5. The highest BCUT2D eigenvalue weighted by Crippen LogP contribution is 2.11. The largest absolute Gasteiger partial charge is 0.350 e. The van der Waals surface area contributed by atoms with Gasteiger partial charge in [-0.2, -0.15) is 0 Å². The van der Waals surface area contributed by atoms with E-state index in [0.717, 1.165) is 21.8 Å². The van der Waals surface area contributed by atoms with Crippen molar-refractivity contribution in [3.8, 4) is 0 Å². The molecule has 0 fully saturated rings. The molecule has 0 saturated carbocycles. The lowest BCUT2D eigenvalue weighted by Gasteiger charge is -2.17. The van der Waals surface area contributed by atoms with E-state index in [1.165, 1.54) is 0 Å². The summed E-state index contributed by atoms with van der Waals surface area (Å²) in [5.74, 6) is 0. The van der Waals surface area contributed by atoms with Crippen LogP contribution in [0.2, 0.25) is 0 Å². The molecule has 2 aromatic rings. The Kier molecular flexibility index (Phi) is 2.57. The number of benzene rings is 2. The average molecular weight is 243 g/mol. The van der Waals surface area contributed by atoms with E-state index in [1.807, 2.05) is 36.4 Å². The van der Waals surface area contributed by atoms with Crippen LogP contribution in [-0.4, -0.2) is 5.62 Å². The Balaban J connectivity index is 2.33. The monoisotopic (exact) mass is 242 g/mol. The highest BCUT2D eigenvalue weighted by molar-refractivity contribution is 6.20. The number of halogens is 1. The standard InChI is InChI=1S/C14H11ClN2/c15-14-16-12-9-5-4-8-11(12)13(17-14)10-6-2-1-3-7-10/h1-9,14,17H. The molecule has 1 N–H and O–H groups in total. The van der Waals surface area contributed by atoms with Crippen LogP contribution in [0.15, 0.2) is 59.6 Å². The van der Waals surface area contributed by atoms with Crippen LogP contribution in [0.5, 0.6) is 0 Å². The molecule has 3 heteroatoms. The zero-order valence-corrected chi connectivity index (χ0v) is 9.85. The Bertz CT molecular complexity index is 649. The fourth-order valence-corrected chi connectivity index (χ4v) is 2.21. The van der Waals surface area contributed by atoms with E-state index in [9.17, 15) is 0 Å². The Morgan fingerprint density at radius 1 is 0.941 bits per heavy atom. The van der Waals surface area contributed by atoms with E-state index in [4.69, 9.17) is 11.6 Å². The average Bonchev–Trinajstić information content (AvgIpc) is 2.39. The second kappa shape index (κ2) is 4.22. The zero-order valence-electron chi connectivity index (χ0n) is 9.10. The molecule has 84 valence electrons. The van der Waals surface area contributed by atoms with Gasteiger partial charge in [0.05, 0.1) is 11.1 Å². The summed E-state index contributed by atoms with van der Waals surface area (Å²) in [6.07, 6.45) is 0. The first kappa shape index (κ1) is 10.4. The number of nitrogens with zero attached hydrogens (tertiary/aromatic N) is 1. The molecule has 17 heavy (non-hydrogen) atoms. The van der Waals surface area contributed by atoms with Crippen molar-refractivity contribution in [1.82, 2.24) is 5.32 Å². The molecular weight excluding hydrogens is 232 g/mol. The Hall–Kier alpha value is -1.80. The predicted molar refractivity (Wildman–Crippen MR) is 69.0 cm³/mol. The number of para-hydroxylation sites is 1. The van der Waals surface area contributed by atoms with Crippen LogP contribution < -0.4 is 15.9 Å². The van der Waals surface area contributed by atoms with Crippen LogP contribution in [0.25, 0.3) is 5.70 Å². The normalized spacial score (nSPS) is 17.9. The quantitative estimate of drug-likeness (QED) is 0.596. The molecule has 1 aliphatic heterocycles. The molecule has 0 spiro atoms. The maximum absolute atomic E-state index is 6.09. The van der Waals surface area contributed by atoms with E-state index in [2.05, 4.69) is 28.5 Å². The Morgan fingerprint density at radius 3 is 2.47 bits per heavy atom. The van der Waals surface area contributed by atoms with Gasteiger partial charge >= 0.3 is 0 Å². The molecule has 3 rings (SSSR count). The molecule has 1 unspecified atom stereocenters. The lowest BCUT2D eigenvalue weighted by Crippen LogP contribution is -2.41. The van der Waals surface area contributed by atoms with Crippen molar-refractivity contribution in [2.24, 2.45) is 4.99 Å². The van der Waals surface area contributed by atoms with Gasteiger partial charge < -0.3 is 5.32 Å². The van der Waals surface area contributed by atoms with E-state index in [0.29, 0.717) is 0 Å². The second-order valence-corrected chi connectivity index (χ2v) is 4.28. The van der Waals surface area contributed by atoms with Crippen LogP contribution >= 0.6 is 11.6 Å². The smallest absolute Gasteiger partial charge is 0.196 e. The van der Waals surface area contributed by atoms with Crippen LogP contribution in [0.1, 0.15) is 5.56 Å². The summed E-state index contributed by atoms with van der Waals surface area (Å²) in [7, 11) is 0. The molecule has 0 amide bonds. The molecule has 1 atom stereocenters. The number of alkyl halides is 1. The topological polar surface area (TPSA) is 24.4 Å². The van der Waals surface area contributed by atoms with Crippen molar-refractivity contribution in [1.29, 1.82) is 0 Å². The zero-order chi connectivity index (χ0) is 11.7. The summed E-state index contributed by atoms with van der Waals surface area (Å²) in [5.41, 5.74) is 1.76. The molecule has 0 aliphatic carbocycles. The minimum atomic E-state index is -0.403. The van der Waals surface area contributed by atoms with Gasteiger partial charge in [-0.15, -0.1) is 0 Å². The van der Waals surface area contributed by atoms with E-state index in [-0.39, 0.29) is 0 Å². The summed E-state index contributed by atoms with van der Waals surface area (Å²) in [6, 6.07) is 18.2. The third-order valence-corrected chi connectivity index (χ3v) is 2.96. The van der Waals surface area contributed by atoms with E-state index >= 15 is 0 Å². The first-order valence-electron chi connectivity index (χ1n) is 5.48. The van der Waals surface area contributed by atoms with Gasteiger partial charge in [0.2, 0.25) is 0 Å².